The number of carbonyl (C=O) groups is 1. The number of pyridine rings is 1. The van der Waals surface area contributed by atoms with Crippen LogP contribution in [0.2, 0.25) is 10.0 Å². The number of benzene rings is 2. The lowest BCUT2D eigenvalue weighted by Gasteiger charge is -2.14. The monoisotopic (exact) mass is 489 g/mol. The second-order valence-electron chi connectivity index (χ2n) is 6.11. The van der Waals surface area contributed by atoms with Crippen molar-refractivity contribution in [3.63, 3.8) is 0 Å². The third-order valence-electron chi connectivity index (χ3n) is 3.90. The fraction of sp³-hybridized carbons (Fsp3) is 0.0526. The summed E-state index contributed by atoms with van der Waals surface area (Å²) in [6.45, 7) is 0. The molecule has 0 saturated carbocycles. The van der Waals surface area contributed by atoms with Crippen molar-refractivity contribution in [2.75, 3.05) is 10.0 Å². The number of carbonyl (C=O) groups excluding carboxylic acids is 1. The van der Waals surface area contributed by atoms with Crippen LogP contribution in [0.4, 0.5) is 24.5 Å². The smallest absolute Gasteiger partial charge is 0.321 e. The van der Waals surface area contributed by atoms with Gasteiger partial charge in [0.05, 0.1) is 26.2 Å². The molecular weight excluding hydrogens is 478 g/mol. The zero-order valence-electron chi connectivity index (χ0n) is 15.2. The molecule has 3 aromatic rings. The molecule has 0 atom stereocenters. The highest BCUT2D eigenvalue weighted by molar-refractivity contribution is 7.92. The molecule has 2 aromatic carbocycles. The van der Waals surface area contributed by atoms with Crippen molar-refractivity contribution in [2.24, 2.45) is 0 Å². The minimum atomic E-state index is -4.86. The molecule has 0 aliphatic heterocycles. The number of nitrogens with zero attached hydrogens (tertiary/aromatic N) is 1. The number of hydrogen-bond donors (Lipinski definition) is 2. The molecule has 1 amide bonds. The van der Waals surface area contributed by atoms with E-state index in [0.717, 1.165) is 24.4 Å². The molecule has 31 heavy (non-hydrogen) atoms. The molecule has 162 valence electrons. The molecule has 0 aliphatic carbocycles. The summed E-state index contributed by atoms with van der Waals surface area (Å²) < 4.78 is 66.8. The lowest BCUT2D eigenvalue weighted by Crippen LogP contribution is -2.20. The van der Waals surface area contributed by atoms with E-state index in [1.54, 1.807) is 30.3 Å². The zero-order chi connectivity index (χ0) is 22.8. The number of para-hydroxylation sites is 1. The van der Waals surface area contributed by atoms with E-state index in [1.807, 2.05) is 0 Å². The standard InChI is InChI=1S/C19H12Cl2F3N3O3S/c20-11-8-16(17(25-10-11)18(28)26-12-4-2-1-3-5-12)27-31(29,30)13-6-7-15(21)14(9-13)19(22,23)24/h1-10,27H,(H,26,28). The van der Waals surface area contributed by atoms with Crippen molar-refractivity contribution in [3.05, 3.63) is 82.1 Å². The van der Waals surface area contributed by atoms with Gasteiger partial charge in [-0.15, -0.1) is 0 Å². The Bertz CT molecular complexity index is 1240. The topological polar surface area (TPSA) is 88.2 Å². The predicted octanol–water partition coefficient (Wildman–Crippen LogP) is 5.46. The van der Waals surface area contributed by atoms with Crippen LogP contribution in [0.25, 0.3) is 0 Å². The van der Waals surface area contributed by atoms with E-state index >= 15 is 0 Å². The number of aromatic nitrogens is 1. The molecule has 6 nitrogen and oxygen atoms in total. The van der Waals surface area contributed by atoms with Crippen LogP contribution in [0.15, 0.2) is 65.7 Å². The van der Waals surface area contributed by atoms with Crippen LogP contribution in [0.3, 0.4) is 0 Å². The minimum absolute atomic E-state index is 0.000970. The van der Waals surface area contributed by atoms with Gasteiger partial charge in [-0.05, 0) is 36.4 Å². The van der Waals surface area contributed by atoms with Crippen LogP contribution in [0.5, 0.6) is 0 Å². The average molecular weight is 490 g/mol. The molecule has 0 unspecified atom stereocenters. The molecule has 1 aromatic heterocycles. The first-order chi connectivity index (χ1) is 14.5. The molecule has 0 fully saturated rings. The molecule has 1 heterocycles. The average Bonchev–Trinajstić information content (AvgIpc) is 2.67. The first kappa shape index (κ1) is 22.9. The van der Waals surface area contributed by atoms with Gasteiger partial charge in [0.25, 0.3) is 15.9 Å². The number of hydrogen-bond acceptors (Lipinski definition) is 4. The van der Waals surface area contributed by atoms with Crippen molar-refractivity contribution in [1.29, 1.82) is 0 Å². The van der Waals surface area contributed by atoms with E-state index in [9.17, 15) is 26.4 Å². The number of halogens is 5. The summed E-state index contributed by atoms with van der Waals surface area (Å²) in [6.07, 6.45) is -3.73. The Morgan fingerprint density at radius 1 is 1.00 bits per heavy atom. The molecule has 0 radical (unpaired) electrons. The Balaban J connectivity index is 1.97. The summed E-state index contributed by atoms with van der Waals surface area (Å²) >= 11 is 11.4. The van der Waals surface area contributed by atoms with Crippen molar-refractivity contribution in [3.8, 4) is 0 Å². The van der Waals surface area contributed by atoms with Gasteiger partial charge in [0.15, 0.2) is 5.69 Å². The van der Waals surface area contributed by atoms with Crippen molar-refractivity contribution < 1.29 is 26.4 Å². The molecule has 0 aliphatic rings. The van der Waals surface area contributed by atoms with Crippen LogP contribution >= 0.6 is 23.2 Å². The Kier molecular flexibility index (Phi) is 6.44. The van der Waals surface area contributed by atoms with Gasteiger partial charge in [-0.2, -0.15) is 13.2 Å². The van der Waals surface area contributed by atoms with E-state index < -0.39 is 37.6 Å². The van der Waals surface area contributed by atoms with Crippen LogP contribution in [0.1, 0.15) is 16.1 Å². The van der Waals surface area contributed by atoms with Gasteiger partial charge in [0.1, 0.15) is 0 Å². The quantitative estimate of drug-likeness (QED) is 0.497. The number of anilines is 2. The maximum Gasteiger partial charge on any atom is 0.417 e. The maximum absolute atomic E-state index is 13.1. The summed E-state index contributed by atoms with van der Waals surface area (Å²) in [4.78, 5) is 15.7. The predicted molar refractivity (Wildman–Crippen MR) is 111 cm³/mol. The molecular formula is C19H12Cl2F3N3O3S. The van der Waals surface area contributed by atoms with Gasteiger partial charge >= 0.3 is 6.18 Å². The summed E-state index contributed by atoms with van der Waals surface area (Å²) in [5.41, 5.74) is -1.54. The van der Waals surface area contributed by atoms with Gasteiger partial charge in [-0.3, -0.25) is 9.52 Å². The van der Waals surface area contributed by atoms with Gasteiger partial charge in [0.2, 0.25) is 0 Å². The second kappa shape index (κ2) is 8.74. The minimum Gasteiger partial charge on any atom is -0.321 e. The van der Waals surface area contributed by atoms with Gasteiger partial charge < -0.3 is 5.32 Å². The van der Waals surface area contributed by atoms with Crippen molar-refractivity contribution >= 4 is 50.5 Å². The number of alkyl halides is 3. The normalized spacial score (nSPS) is 11.8. The van der Waals surface area contributed by atoms with E-state index in [1.165, 1.54) is 0 Å². The first-order valence-corrected chi connectivity index (χ1v) is 10.6. The largest absolute Gasteiger partial charge is 0.417 e. The van der Waals surface area contributed by atoms with Crippen molar-refractivity contribution in [2.45, 2.75) is 11.1 Å². The second-order valence-corrected chi connectivity index (χ2v) is 8.64. The Labute approximate surface area is 185 Å². The molecule has 3 rings (SSSR count). The van der Waals surface area contributed by atoms with Crippen LogP contribution in [0, 0.1) is 0 Å². The molecule has 0 spiro atoms. The Morgan fingerprint density at radius 3 is 2.32 bits per heavy atom. The number of amides is 1. The van der Waals surface area contributed by atoms with Gasteiger partial charge in [-0.25, -0.2) is 13.4 Å². The van der Waals surface area contributed by atoms with Crippen LogP contribution in [-0.4, -0.2) is 19.3 Å². The SMILES string of the molecule is O=C(Nc1ccccc1)c1ncc(Cl)cc1NS(=O)(=O)c1ccc(Cl)c(C(F)(F)F)c1. The third kappa shape index (κ3) is 5.46. The van der Waals surface area contributed by atoms with E-state index in [0.29, 0.717) is 11.8 Å². The highest BCUT2D eigenvalue weighted by Gasteiger charge is 2.34. The molecule has 0 saturated heterocycles. The maximum atomic E-state index is 13.1. The fourth-order valence-corrected chi connectivity index (χ4v) is 3.97. The van der Waals surface area contributed by atoms with E-state index in [2.05, 4.69) is 15.0 Å². The Hall–Kier alpha value is -2.82. The zero-order valence-corrected chi connectivity index (χ0v) is 17.6. The summed E-state index contributed by atoms with van der Waals surface area (Å²) in [5.74, 6) is -0.757. The summed E-state index contributed by atoms with van der Waals surface area (Å²) in [7, 11) is -4.55. The highest BCUT2D eigenvalue weighted by atomic mass is 35.5. The third-order valence-corrected chi connectivity index (χ3v) is 5.80. The van der Waals surface area contributed by atoms with Crippen LogP contribution in [-0.2, 0) is 16.2 Å². The first-order valence-electron chi connectivity index (χ1n) is 8.39. The van der Waals surface area contributed by atoms with Crippen molar-refractivity contribution in [1.82, 2.24) is 4.98 Å². The molecule has 12 heteroatoms. The summed E-state index contributed by atoms with van der Waals surface area (Å²) in [5, 5.41) is 1.88. The molecule has 2 N–H and O–H groups in total. The Morgan fingerprint density at radius 2 is 1.68 bits per heavy atom. The van der Waals surface area contributed by atoms with Gasteiger partial charge in [-0.1, -0.05) is 41.4 Å². The number of rotatable bonds is 5. The van der Waals surface area contributed by atoms with E-state index in [-0.39, 0.29) is 16.4 Å². The van der Waals surface area contributed by atoms with Gasteiger partial charge in [0, 0.05) is 11.9 Å². The van der Waals surface area contributed by atoms with E-state index in [4.69, 9.17) is 23.2 Å². The molecule has 0 bridgehead atoms. The number of nitrogens with one attached hydrogen (secondary N) is 2. The lowest BCUT2D eigenvalue weighted by molar-refractivity contribution is -0.137. The fourth-order valence-electron chi connectivity index (χ4n) is 2.50. The number of sulfonamides is 1. The van der Waals surface area contributed by atoms with Crippen LogP contribution < -0.4 is 10.0 Å². The summed E-state index contributed by atoms with van der Waals surface area (Å²) in [6, 6.07) is 11.5. The highest BCUT2D eigenvalue weighted by Crippen LogP contribution is 2.36. The lowest BCUT2D eigenvalue weighted by atomic mass is 10.2.